The first-order valence-corrected chi connectivity index (χ1v) is 5.89. The average Bonchev–Trinajstić information content (AvgIpc) is 2.40. The van der Waals surface area contributed by atoms with E-state index in [0.717, 1.165) is 18.2 Å². The molecule has 4 nitrogen and oxygen atoms in total. The Morgan fingerprint density at radius 1 is 1.40 bits per heavy atom. The number of carbonyl (C=O) groups excluding carboxylic acids is 2. The van der Waals surface area contributed by atoms with Gasteiger partial charge in [0.1, 0.15) is 6.54 Å². The van der Waals surface area contributed by atoms with E-state index < -0.39 is 23.6 Å². The van der Waals surface area contributed by atoms with E-state index in [4.69, 9.17) is 0 Å². The number of fused-ring (bicyclic) bond motifs is 1. The van der Waals surface area contributed by atoms with Crippen LogP contribution < -0.4 is 0 Å². The molecule has 0 radical (unpaired) electrons. The van der Waals surface area contributed by atoms with Gasteiger partial charge in [-0.25, -0.2) is 0 Å². The molecule has 0 aliphatic carbocycles. The van der Waals surface area contributed by atoms with Gasteiger partial charge in [0.25, 0.3) is 5.91 Å². The third-order valence-electron chi connectivity index (χ3n) is 3.15. The molecule has 1 aliphatic rings. The van der Waals surface area contributed by atoms with Gasteiger partial charge in [-0.05, 0) is 30.2 Å². The summed E-state index contributed by atoms with van der Waals surface area (Å²) in [6.07, 6.45) is -4.15. The number of halogens is 3. The monoisotopic (exact) mass is 287 g/mol. The van der Waals surface area contributed by atoms with Crippen LogP contribution in [0.15, 0.2) is 18.2 Å². The third kappa shape index (κ3) is 2.76. The van der Waals surface area contributed by atoms with Crippen molar-refractivity contribution < 1.29 is 27.5 Å². The summed E-state index contributed by atoms with van der Waals surface area (Å²) in [5.41, 5.74) is -0.218. The number of nitrogens with zero attached hydrogens (tertiary/aromatic N) is 1. The molecule has 7 heteroatoms. The molecule has 1 heterocycles. The summed E-state index contributed by atoms with van der Waals surface area (Å²) in [6, 6.07) is 3.02. The molecule has 1 aromatic rings. The number of alkyl halides is 3. The fourth-order valence-corrected chi connectivity index (χ4v) is 2.08. The van der Waals surface area contributed by atoms with Crippen LogP contribution in [0.4, 0.5) is 13.2 Å². The van der Waals surface area contributed by atoms with E-state index in [1.807, 2.05) is 0 Å². The van der Waals surface area contributed by atoms with Crippen LogP contribution in [0.2, 0.25) is 0 Å². The summed E-state index contributed by atoms with van der Waals surface area (Å²) >= 11 is 0. The number of hydrogen-bond donors (Lipinski definition) is 0. The van der Waals surface area contributed by atoms with E-state index in [1.54, 1.807) is 0 Å². The smallest absolute Gasteiger partial charge is 0.416 e. The van der Waals surface area contributed by atoms with E-state index in [2.05, 4.69) is 4.74 Å². The second-order valence-corrected chi connectivity index (χ2v) is 4.42. The third-order valence-corrected chi connectivity index (χ3v) is 3.15. The molecule has 0 fully saturated rings. The van der Waals surface area contributed by atoms with Crippen molar-refractivity contribution in [2.45, 2.75) is 12.6 Å². The molecular weight excluding hydrogens is 275 g/mol. The van der Waals surface area contributed by atoms with Crippen molar-refractivity contribution in [3.63, 3.8) is 0 Å². The molecular formula is C13H12F3NO3. The number of benzene rings is 1. The van der Waals surface area contributed by atoms with Crippen LogP contribution in [0.5, 0.6) is 0 Å². The molecule has 0 bridgehead atoms. The highest BCUT2D eigenvalue weighted by Gasteiger charge is 2.33. The highest BCUT2D eigenvalue weighted by Crippen LogP contribution is 2.32. The Balaban J connectivity index is 2.26. The SMILES string of the molecule is COC(=O)CN1CCc2cc(C(F)(F)F)ccc2C1=O. The van der Waals surface area contributed by atoms with Gasteiger partial charge in [-0.1, -0.05) is 0 Å². The molecule has 1 amide bonds. The Hall–Kier alpha value is -2.05. The number of carbonyl (C=O) groups is 2. The molecule has 0 N–H and O–H groups in total. The molecule has 0 atom stereocenters. The van der Waals surface area contributed by atoms with Gasteiger partial charge in [-0.3, -0.25) is 9.59 Å². The maximum absolute atomic E-state index is 12.6. The van der Waals surface area contributed by atoms with Crippen LogP contribution in [0.25, 0.3) is 0 Å². The number of hydrogen-bond acceptors (Lipinski definition) is 3. The minimum Gasteiger partial charge on any atom is -0.468 e. The first-order valence-electron chi connectivity index (χ1n) is 5.89. The molecule has 0 aromatic heterocycles. The van der Waals surface area contributed by atoms with Gasteiger partial charge < -0.3 is 9.64 Å². The fraction of sp³-hybridized carbons (Fsp3) is 0.385. The lowest BCUT2D eigenvalue weighted by Crippen LogP contribution is -2.41. The van der Waals surface area contributed by atoms with Crippen LogP contribution in [-0.2, 0) is 22.1 Å². The van der Waals surface area contributed by atoms with Crippen molar-refractivity contribution in [3.05, 3.63) is 34.9 Å². The molecule has 108 valence electrons. The molecule has 0 unspecified atom stereocenters. The molecule has 1 aromatic carbocycles. The maximum atomic E-state index is 12.6. The maximum Gasteiger partial charge on any atom is 0.416 e. The molecule has 2 rings (SSSR count). The van der Waals surface area contributed by atoms with Gasteiger partial charge in [-0.15, -0.1) is 0 Å². The highest BCUT2D eigenvalue weighted by atomic mass is 19.4. The van der Waals surface area contributed by atoms with Crippen molar-refractivity contribution in [1.29, 1.82) is 0 Å². The predicted molar refractivity (Wildman–Crippen MR) is 63.1 cm³/mol. The minimum absolute atomic E-state index is 0.197. The van der Waals surface area contributed by atoms with Crippen LogP contribution in [0, 0.1) is 0 Å². The van der Waals surface area contributed by atoms with Crippen LogP contribution in [0.3, 0.4) is 0 Å². The van der Waals surface area contributed by atoms with E-state index >= 15 is 0 Å². The second-order valence-electron chi connectivity index (χ2n) is 4.42. The first kappa shape index (κ1) is 14.4. The number of amides is 1. The zero-order chi connectivity index (χ0) is 14.9. The molecule has 0 saturated heterocycles. The molecule has 20 heavy (non-hydrogen) atoms. The number of esters is 1. The summed E-state index contributed by atoms with van der Waals surface area (Å²) in [7, 11) is 1.21. The van der Waals surface area contributed by atoms with Crippen molar-refractivity contribution >= 4 is 11.9 Å². The zero-order valence-corrected chi connectivity index (χ0v) is 10.7. The summed E-state index contributed by atoms with van der Waals surface area (Å²) < 4.78 is 42.3. The summed E-state index contributed by atoms with van der Waals surface area (Å²) in [6.45, 7) is -0.00195. The zero-order valence-electron chi connectivity index (χ0n) is 10.7. The van der Waals surface area contributed by atoms with Crippen LogP contribution >= 0.6 is 0 Å². The largest absolute Gasteiger partial charge is 0.468 e. The van der Waals surface area contributed by atoms with E-state index in [0.29, 0.717) is 5.56 Å². The minimum atomic E-state index is -4.43. The summed E-state index contributed by atoms with van der Waals surface area (Å²) in [5, 5.41) is 0. The first-order chi connectivity index (χ1) is 9.32. The van der Waals surface area contributed by atoms with Gasteiger partial charge in [0, 0.05) is 12.1 Å². The lowest BCUT2D eigenvalue weighted by atomic mass is 9.96. The van der Waals surface area contributed by atoms with E-state index in [-0.39, 0.29) is 25.1 Å². The van der Waals surface area contributed by atoms with Gasteiger partial charge in [0.15, 0.2) is 0 Å². The Bertz CT molecular complexity index is 554. The Kier molecular flexibility index (Phi) is 3.69. The van der Waals surface area contributed by atoms with Crippen molar-refractivity contribution in [2.75, 3.05) is 20.2 Å². The lowest BCUT2D eigenvalue weighted by Gasteiger charge is -2.28. The number of methoxy groups -OCH3 is 1. The normalized spacial score (nSPS) is 15.0. The molecule has 1 aliphatic heterocycles. The summed E-state index contributed by atoms with van der Waals surface area (Å²) in [5.74, 6) is -1.01. The van der Waals surface area contributed by atoms with Gasteiger partial charge >= 0.3 is 12.1 Å². The Morgan fingerprint density at radius 3 is 2.70 bits per heavy atom. The second kappa shape index (κ2) is 5.15. The van der Waals surface area contributed by atoms with Crippen LogP contribution in [-0.4, -0.2) is 37.0 Å². The van der Waals surface area contributed by atoms with Crippen molar-refractivity contribution in [1.82, 2.24) is 4.90 Å². The van der Waals surface area contributed by atoms with Crippen molar-refractivity contribution in [3.8, 4) is 0 Å². The Morgan fingerprint density at radius 2 is 2.10 bits per heavy atom. The van der Waals surface area contributed by atoms with Crippen molar-refractivity contribution in [2.24, 2.45) is 0 Å². The van der Waals surface area contributed by atoms with Crippen LogP contribution in [0.1, 0.15) is 21.5 Å². The van der Waals surface area contributed by atoms with Gasteiger partial charge in [0.2, 0.25) is 0 Å². The Labute approximate surface area is 113 Å². The lowest BCUT2D eigenvalue weighted by molar-refractivity contribution is -0.141. The predicted octanol–water partition coefficient (Wildman–Crippen LogP) is 1.88. The van der Waals surface area contributed by atoms with E-state index in [1.165, 1.54) is 12.0 Å². The summed E-state index contributed by atoms with van der Waals surface area (Å²) in [4.78, 5) is 24.5. The quantitative estimate of drug-likeness (QED) is 0.780. The topological polar surface area (TPSA) is 46.6 Å². The number of ether oxygens (including phenoxy) is 1. The number of rotatable bonds is 2. The van der Waals surface area contributed by atoms with E-state index in [9.17, 15) is 22.8 Å². The molecule has 0 spiro atoms. The van der Waals surface area contributed by atoms with Gasteiger partial charge in [-0.2, -0.15) is 13.2 Å². The fourth-order valence-electron chi connectivity index (χ4n) is 2.08. The molecule has 0 saturated carbocycles. The standard InChI is InChI=1S/C13H12F3NO3/c1-20-11(18)7-17-5-4-8-6-9(13(14,15)16)2-3-10(8)12(17)19/h2-3,6H,4-5,7H2,1H3. The highest BCUT2D eigenvalue weighted by molar-refractivity contribution is 5.98. The van der Waals surface area contributed by atoms with Gasteiger partial charge in [0.05, 0.1) is 12.7 Å². The average molecular weight is 287 g/mol.